The standard InChI is InChI=1S/C16H29N3O2/c1-16(2,3)21-15(20)18-8-6-12(7-9-18)19-13-4-5-14(19)11-17-10-13/h12-14,17H,4-11H2,1-3H3. The molecule has 3 fully saturated rings. The molecule has 21 heavy (non-hydrogen) atoms. The predicted octanol–water partition coefficient (Wildman–Crippen LogP) is 1.82. The van der Waals surface area contributed by atoms with Crippen molar-refractivity contribution in [2.45, 2.75) is 70.2 Å². The molecule has 0 spiro atoms. The van der Waals surface area contributed by atoms with Crippen LogP contribution >= 0.6 is 0 Å². The van der Waals surface area contributed by atoms with Gasteiger partial charge in [-0.25, -0.2) is 4.79 Å². The summed E-state index contributed by atoms with van der Waals surface area (Å²) in [5, 5.41) is 3.54. The van der Waals surface area contributed by atoms with E-state index < -0.39 is 5.60 Å². The third kappa shape index (κ3) is 3.34. The van der Waals surface area contributed by atoms with Crippen LogP contribution in [0.25, 0.3) is 0 Å². The van der Waals surface area contributed by atoms with E-state index in [9.17, 15) is 4.79 Å². The highest BCUT2D eigenvalue weighted by Crippen LogP contribution is 2.32. The minimum absolute atomic E-state index is 0.149. The van der Waals surface area contributed by atoms with Gasteiger partial charge in [0.05, 0.1) is 0 Å². The van der Waals surface area contributed by atoms with Crippen LogP contribution in [0.3, 0.4) is 0 Å². The molecule has 2 bridgehead atoms. The van der Waals surface area contributed by atoms with E-state index in [0.29, 0.717) is 6.04 Å². The van der Waals surface area contributed by atoms with Gasteiger partial charge in [-0.15, -0.1) is 0 Å². The third-order valence-corrected chi connectivity index (χ3v) is 4.97. The number of carbonyl (C=O) groups is 1. The number of likely N-dealkylation sites (tertiary alicyclic amines) is 1. The molecule has 3 rings (SSSR count). The zero-order valence-electron chi connectivity index (χ0n) is 13.6. The maximum atomic E-state index is 12.1. The van der Waals surface area contributed by atoms with Crippen molar-refractivity contribution in [2.75, 3.05) is 26.2 Å². The zero-order chi connectivity index (χ0) is 15.0. The minimum atomic E-state index is -0.397. The number of hydrogen-bond acceptors (Lipinski definition) is 4. The summed E-state index contributed by atoms with van der Waals surface area (Å²) in [5.74, 6) is 0. The summed E-state index contributed by atoms with van der Waals surface area (Å²) in [4.78, 5) is 16.8. The van der Waals surface area contributed by atoms with Gasteiger partial charge in [0.15, 0.2) is 0 Å². The summed E-state index contributed by atoms with van der Waals surface area (Å²) in [6, 6.07) is 2.10. The summed E-state index contributed by atoms with van der Waals surface area (Å²) in [7, 11) is 0. The van der Waals surface area contributed by atoms with E-state index in [4.69, 9.17) is 4.74 Å². The second-order valence-corrected chi connectivity index (χ2v) is 7.69. The topological polar surface area (TPSA) is 44.8 Å². The third-order valence-electron chi connectivity index (χ3n) is 4.97. The van der Waals surface area contributed by atoms with Gasteiger partial charge in [0, 0.05) is 44.3 Å². The lowest BCUT2D eigenvalue weighted by atomic mass is 10.00. The van der Waals surface area contributed by atoms with Gasteiger partial charge in [0.1, 0.15) is 5.60 Å². The molecule has 0 aromatic carbocycles. The van der Waals surface area contributed by atoms with E-state index >= 15 is 0 Å². The van der Waals surface area contributed by atoms with Gasteiger partial charge < -0.3 is 15.0 Å². The lowest BCUT2D eigenvalue weighted by Crippen LogP contribution is -2.58. The monoisotopic (exact) mass is 295 g/mol. The second-order valence-electron chi connectivity index (χ2n) is 7.69. The number of fused-ring (bicyclic) bond motifs is 2. The Hall–Kier alpha value is -0.810. The first-order valence-electron chi connectivity index (χ1n) is 8.40. The molecule has 5 heteroatoms. The Balaban J connectivity index is 1.52. The average Bonchev–Trinajstić information content (AvgIpc) is 2.66. The largest absolute Gasteiger partial charge is 0.444 e. The molecular formula is C16H29N3O2. The van der Waals surface area contributed by atoms with Crippen LogP contribution in [0, 0.1) is 0 Å². The second kappa shape index (κ2) is 5.76. The van der Waals surface area contributed by atoms with Crippen molar-refractivity contribution >= 4 is 6.09 Å². The fourth-order valence-electron chi connectivity index (χ4n) is 4.08. The Morgan fingerprint density at radius 2 is 1.57 bits per heavy atom. The average molecular weight is 295 g/mol. The van der Waals surface area contributed by atoms with Crippen LogP contribution in [0.4, 0.5) is 4.79 Å². The van der Waals surface area contributed by atoms with Crippen LogP contribution < -0.4 is 5.32 Å². The Morgan fingerprint density at radius 3 is 2.10 bits per heavy atom. The van der Waals surface area contributed by atoms with E-state index in [-0.39, 0.29) is 6.09 Å². The first-order valence-corrected chi connectivity index (χ1v) is 8.40. The summed E-state index contributed by atoms with van der Waals surface area (Å²) in [5.41, 5.74) is -0.397. The molecule has 2 unspecified atom stereocenters. The van der Waals surface area contributed by atoms with E-state index in [0.717, 1.165) is 51.1 Å². The van der Waals surface area contributed by atoms with Gasteiger partial charge >= 0.3 is 6.09 Å². The Morgan fingerprint density at radius 1 is 1.00 bits per heavy atom. The Labute approximate surface area is 128 Å². The Kier molecular flexibility index (Phi) is 4.14. The molecule has 5 nitrogen and oxygen atoms in total. The van der Waals surface area contributed by atoms with Crippen molar-refractivity contribution in [1.82, 2.24) is 15.1 Å². The van der Waals surface area contributed by atoms with Crippen molar-refractivity contribution in [2.24, 2.45) is 0 Å². The van der Waals surface area contributed by atoms with Crippen LogP contribution in [0.5, 0.6) is 0 Å². The van der Waals surface area contributed by atoms with Crippen LogP contribution in [-0.4, -0.2) is 65.8 Å². The van der Waals surface area contributed by atoms with Gasteiger partial charge in [-0.05, 0) is 46.5 Å². The summed E-state index contributed by atoms with van der Waals surface area (Å²) < 4.78 is 5.48. The van der Waals surface area contributed by atoms with Gasteiger partial charge in [0.2, 0.25) is 0 Å². The van der Waals surface area contributed by atoms with Crippen molar-refractivity contribution in [3.8, 4) is 0 Å². The van der Waals surface area contributed by atoms with Crippen LogP contribution in [0.2, 0.25) is 0 Å². The quantitative estimate of drug-likeness (QED) is 0.801. The van der Waals surface area contributed by atoms with Crippen molar-refractivity contribution in [3.05, 3.63) is 0 Å². The van der Waals surface area contributed by atoms with Gasteiger partial charge in [-0.3, -0.25) is 4.90 Å². The number of nitrogens with one attached hydrogen (secondary N) is 1. The Bertz CT molecular complexity index is 369. The molecule has 0 aromatic rings. The number of piperidine rings is 1. The lowest BCUT2D eigenvalue weighted by molar-refractivity contribution is 0.00736. The molecule has 0 radical (unpaired) electrons. The molecule has 0 saturated carbocycles. The SMILES string of the molecule is CC(C)(C)OC(=O)N1CCC(N2C3CCC2CNC3)CC1. The number of carbonyl (C=O) groups excluding carboxylic acids is 1. The molecule has 3 aliphatic rings. The van der Waals surface area contributed by atoms with Gasteiger partial charge in [-0.2, -0.15) is 0 Å². The molecule has 120 valence electrons. The maximum Gasteiger partial charge on any atom is 0.410 e. The van der Waals surface area contributed by atoms with E-state index in [2.05, 4.69) is 10.2 Å². The number of nitrogens with zero attached hydrogens (tertiary/aromatic N) is 2. The van der Waals surface area contributed by atoms with Gasteiger partial charge in [0.25, 0.3) is 0 Å². The molecule has 2 atom stereocenters. The molecule has 3 saturated heterocycles. The summed E-state index contributed by atoms with van der Waals surface area (Å²) >= 11 is 0. The first-order chi connectivity index (χ1) is 9.94. The number of piperazine rings is 1. The fraction of sp³-hybridized carbons (Fsp3) is 0.938. The highest BCUT2D eigenvalue weighted by molar-refractivity contribution is 5.68. The number of rotatable bonds is 1. The summed E-state index contributed by atoms with van der Waals surface area (Å²) in [6.45, 7) is 9.74. The minimum Gasteiger partial charge on any atom is -0.444 e. The number of hydrogen-bond donors (Lipinski definition) is 1. The van der Waals surface area contributed by atoms with Crippen molar-refractivity contribution < 1.29 is 9.53 Å². The lowest BCUT2D eigenvalue weighted by Gasteiger charge is -2.44. The van der Waals surface area contributed by atoms with Crippen molar-refractivity contribution in [3.63, 3.8) is 0 Å². The summed E-state index contributed by atoms with van der Waals surface area (Å²) in [6.07, 6.45) is 4.70. The molecular weight excluding hydrogens is 266 g/mol. The number of ether oxygens (including phenoxy) is 1. The normalized spacial score (nSPS) is 31.5. The van der Waals surface area contributed by atoms with Gasteiger partial charge in [-0.1, -0.05) is 0 Å². The molecule has 0 aromatic heterocycles. The molecule has 1 N–H and O–H groups in total. The smallest absolute Gasteiger partial charge is 0.410 e. The molecule has 3 heterocycles. The predicted molar refractivity (Wildman–Crippen MR) is 82.3 cm³/mol. The highest BCUT2D eigenvalue weighted by atomic mass is 16.6. The number of amides is 1. The van der Waals surface area contributed by atoms with E-state index in [1.165, 1.54) is 12.8 Å². The van der Waals surface area contributed by atoms with E-state index in [1.807, 2.05) is 25.7 Å². The zero-order valence-corrected chi connectivity index (χ0v) is 13.6. The molecule has 1 amide bonds. The highest BCUT2D eigenvalue weighted by Gasteiger charge is 2.41. The van der Waals surface area contributed by atoms with Crippen molar-refractivity contribution in [1.29, 1.82) is 0 Å². The molecule has 3 aliphatic heterocycles. The first kappa shape index (κ1) is 15.1. The van der Waals surface area contributed by atoms with E-state index in [1.54, 1.807) is 0 Å². The van der Waals surface area contributed by atoms with Crippen LogP contribution in [-0.2, 0) is 4.74 Å². The maximum absolute atomic E-state index is 12.1. The van der Waals surface area contributed by atoms with Crippen LogP contribution in [0.1, 0.15) is 46.5 Å². The van der Waals surface area contributed by atoms with Crippen LogP contribution in [0.15, 0.2) is 0 Å². The fourth-order valence-corrected chi connectivity index (χ4v) is 4.08. The molecule has 0 aliphatic carbocycles.